The third kappa shape index (κ3) is 3.82. The molecule has 4 rings (SSSR count). The Bertz CT molecular complexity index is 885. The summed E-state index contributed by atoms with van der Waals surface area (Å²) >= 11 is 0. The highest BCUT2D eigenvalue weighted by molar-refractivity contribution is 5.95. The monoisotopic (exact) mass is 376 g/mol. The third-order valence-electron chi connectivity index (χ3n) is 6.00. The summed E-state index contributed by atoms with van der Waals surface area (Å²) in [6.45, 7) is 5.25. The van der Waals surface area contributed by atoms with Gasteiger partial charge in [-0.3, -0.25) is 9.59 Å². The maximum absolute atomic E-state index is 13.0. The number of hydrogen-bond acceptors (Lipinski definition) is 2. The van der Waals surface area contributed by atoms with Crippen molar-refractivity contribution in [3.63, 3.8) is 0 Å². The van der Waals surface area contributed by atoms with E-state index in [1.165, 1.54) is 11.1 Å². The number of benzene rings is 2. The lowest BCUT2D eigenvalue weighted by atomic mass is 9.95. The van der Waals surface area contributed by atoms with E-state index < -0.39 is 0 Å². The van der Waals surface area contributed by atoms with Gasteiger partial charge in [0.05, 0.1) is 12.0 Å². The van der Waals surface area contributed by atoms with Crippen molar-refractivity contribution in [2.75, 3.05) is 13.1 Å². The maximum atomic E-state index is 13.0. The minimum atomic E-state index is -0.128. The number of piperidine rings is 1. The molecule has 2 aromatic carbocycles. The van der Waals surface area contributed by atoms with E-state index >= 15 is 0 Å². The highest BCUT2D eigenvalue weighted by atomic mass is 16.2. The van der Waals surface area contributed by atoms with Gasteiger partial charge in [0.2, 0.25) is 5.91 Å². The molecule has 0 aromatic heterocycles. The summed E-state index contributed by atoms with van der Waals surface area (Å²) in [5, 5.41) is 3.25. The van der Waals surface area contributed by atoms with Crippen LogP contribution < -0.4 is 5.32 Å². The van der Waals surface area contributed by atoms with Gasteiger partial charge in [-0.2, -0.15) is 0 Å². The number of nitrogens with zero attached hydrogens (tertiary/aromatic N) is 1. The fourth-order valence-electron chi connectivity index (χ4n) is 4.65. The van der Waals surface area contributed by atoms with Crippen LogP contribution in [0.2, 0.25) is 0 Å². The van der Waals surface area contributed by atoms with E-state index in [0.717, 1.165) is 48.9 Å². The molecular weight excluding hydrogens is 348 g/mol. The van der Waals surface area contributed by atoms with Crippen LogP contribution in [0, 0.1) is 19.8 Å². The second kappa shape index (κ2) is 7.78. The Morgan fingerprint density at radius 3 is 2.57 bits per heavy atom. The molecule has 2 amide bonds. The van der Waals surface area contributed by atoms with Crippen LogP contribution in [0.4, 0.5) is 0 Å². The van der Waals surface area contributed by atoms with Gasteiger partial charge in [0, 0.05) is 18.7 Å². The topological polar surface area (TPSA) is 49.4 Å². The Balaban J connectivity index is 1.42. The van der Waals surface area contributed by atoms with E-state index in [1.807, 2.05) is 36.9 Å². The number of carbonyl (C=O) groups excluding carboxylic acids is 2. The van der Waals surface area contributed by atoms with Gasteiger partial charge in [0.15, 0.2) is 0 Å². The van der Waals surface area contributed by atoms with Gasteiger partial charge >= 0.3 is 0 Å². The molecule has 1 fully saturated rings. The molecule has 146 valence electrons. The van der Waals surface area contributed by atoms with Gasteiger partial charge in [0.1, 0.15) is 0 Å². The predicted octanol–water partition coefficient (Wildman–Crippen LogP) is 3.96. The molecule has 2 aromatic rings. The van der Waals surface area contributed by atoms with Crippen molar-refractivity contribution in [2.45, 2.75) is 45.6 Å². The molecule has 0 radical (unpaired) electrons. The number of amides is 2. The Labute approximate surface area is 166 Å². The summed E-state index contributed by atoms with van der Waals surface area (Å²) in [4.78, 5) is 27.8. The van der Waals surface area contributed by atoms with Crippen LogP contribution in [0.1, 0.15) is 57.9 Å². The summed E-state index contributed by atoms with van der Waals surface area (Å²) < 4.78 is 0. The van der Waals surface area contributed by atoms with Gasteiger partial charge in [0.25, 0.3) is 5.91 Å². The van der Waals surface area contributed by atoms with Crippen LogP contribution in [-0.4, -0.2) is 29.8 Å². The quantitative estimate of drug-likeness (QED) is 0.881. The normalized spacial score (nSPS) is 21.3. The van der Waals surface area contributed by atoms with Gasteiger partial charge in [-0.05, 0) is 62.8 Å². The molecule has 0 spiro atoms. The highest BCUT2D eigenvalue weighted by Crippen LogP contribution is 2.31. The molecule has 1 saturated heterocycles. The van der Waals surface area contributed by atoms with Crippen molar-refractivity contribution < 1.29 is 9.59 Å². The number of rotatable bonds is 3. The Morgan fingerprint density at radius 1 is 1.04 bits per heavy atom. The Hall–Kier alpha value is -2.62. The van der Waals surface area contributed by atoms with Crippen LogP contribution in [-0.2, 0) is 11.2 Å². The van der Waals surface area contributed by atoms with Crippen LogP contribution in [0.15, 0.2) is 42.5 Å². The summed E-state index contributed by atoms with van der Waals surface area (Å²) in [5.41, 5.74) is 5.49. The second-order valence-electron chi connectivity index (χ2n) is 8.27. The van der Waals surface area contributed by atoms with E-state index in [9.17, 15) is 9.59 Å². The van der Waals surface area contributed by atoms with Crippen molar-refractivity contribution in [3.8, 4) is 0 Å². The van der Waals surface area contributed by atoms with Crippen LogP contribution >= 0.6 is 0 Å². The zero-order valence-corrected chi connectivity index (χ0v) is 16.7. The van der Waals surface area contributed by atoms with Crippen molar-refractivity contribution in [1.29, 1.82) is 0 Å². The molecule has 4 heteroatoms. The smallest absolute Gasteiger partial charge is 0.253 e. The van der Waals surface area contributed by atoms with Crippen LogP contribution in [0.3, 0.4) is 0 Å². The second-order valence-corrected chi connectivity index (χ2v) is 8.27. The number of hydrogen-bond donors (Lipinski definition) is 1. The van der Waals surface area contributed by atoms with Crippen LogP contribution in [0.5, 0.6) is 0 Å². The number of carbonyl (C=O) groups is 2. The molecule has 1 N–H and O–H groups in total. The first kappa shape index (κ1) is 18.7. The lowest BCUT2D eigenvalue weighted by Gasteiger charge is -2.33. The lowest BCUT2D eigenvalue weighted by molar-refractivity contribution is -0.127. The number of nitrogens with one attached hydrogen (secondary N) is 1. The molecule has 0 saturated carbocycles. The average Bonchev–Trinajstić information content (AvgIpc) is 3.10. The van der Waals surface area contributed by atoms with Gasteiger partial charge < -0.3 is 10.2 Å². The van der Waals surface area contributed by atoms with E-state index in [-0.39, 0.29) is 23.8 Å². The van der Waals surface area contributed by atoms with E-state index in [4.69, 9.17) is 0 Å². The minimum absolute atomic E-state index is 0.0375. The molecule has 28 heavy (non-hydrogen) atoms. The Kier molecular flexibility index (Phi) is 5.21. The maximum Gasteiger partial charge on any atom is 0.253 e. The number of aryl methyl sites for hydroxylation is 3. The molecule has 1 aliphatic carbocycles. The van der Waals surface area contributed by atoms with Gasteiger partial charge in [-0.25, -0.2) is 0 Å². The lowest BCUT2D eigenvalue weighted by Crippen LogP contribution is -2.46. The molecule has 4 nitrogen and oxygen atoms in total. The first-order chi connectivity index (χ1) is 13.5. The summed E-state index contributed by atoms with van der Waals surface area (Å²) in [6, 6.07) is 14.4. The molecule has 2 unspecified atom stereocenters. The van der Waals surface area contributed by atoms with Crippen molar-refractivity contribution >= 4 is 11.8 Å². The zero-order valence-electron chi connectivity index (χ0n) is 16.7. The van der Waals surface area contributed by atoms with Crippen LogP contribution in [0.25, 0.3) is 0 Å². The summed E-state index contributed by atoms with van der Waals surface area (Å²) in [7, 11) is 0. The largest absolute Gasteiger partial charge is 0.349 e. The highest BCUT2D eigenvalue weighted by Gasteiger charge is 2.31. The number of fused-ring (bicyclic) bond motifs is 1. The first-order valence-corrected chi connectivity index (χ1v) is 10.3. The molecular formula is C24H28N2O2. The third-order valence-corrected chi connectivity index (χ3v) is 6.00. The molecule has 1 heterocycles. The summed E-state index contributed by atoms with van der Waals surface area (Å²) in [5.74, 6) is -0.00786. The first-order valence-electron chi connectivity index (χ1n) is 10.3. The molecule has 0 bridgehead atoms. The number of likely N-dealkylation sites (tertiary alicyclic amines) is 1. The fraction of sp³-hybridized carbons (Fsp3) is 0.417. The molecule has 2 aliphatic rings. The standard InChI is InChI=1S/C24H28N2O2/c1-16-12-17(2)14-20(13-16)24(28)26-11-5-7-19(15-26)23(27)25-22-10-9-18-6-3-4-8-21(18)22/h3-4,6,8,12-14,19,22H,5,7,9-11,15H2,1-2H3,(H,25,27). The van der Waals surface area contributed by atoms with E-state index in [1.54, 1.807) is 0 Å². The van der Waals surface area contributed by atoms with Gasteiger partial charge in [-0.15, -0.1) is 0 Å². The van der Waals surface area contributed by atoms with Crippen molar-refractivity contribution in [3.05, 3.63) is 70.3 Å². The van der Waals surface area contributed by atoms with Gasteiger partial charge in [-0.1, -0.05) is 41.5 Å². The molecule has 2 atom stereocenters. The minimum Gasteiger partial charge on any atom is -0.349 e. The summed E-state index contributed by atoms with van der Waals surface area (Å²) in [6.07, 6.45) is 3.69. The zero-order chi connectivity index (χ0) is 19.7. The molecule has 1 aliphatic heterocycles. The SMILES string of the molecule is Cc1cc(C)cc(C(=O)N2CCCC(C(=O)NC3CCc4ccccc43)C2)c1. The predicted molar refractivity (Wildman–Crippen MR) is 110 cm³/mol. The van der Waals surface area contributed by atoms with E-state index in [0.29, 0.717) is 6.54 Å². The Morgan fingerprint density at radius 2 is 1.79 bits per heavy atom. The van der Waals surface area contributed by atoms with Crippen molar-refractivity contribution in [1.82, 2.24) is 10.2 Å². The average molecular weight is 377 g/mol. The van der Waals surface area contributed by atoms with Crippen molar-refractivity contribution in [2.24, 2.45) is 5.92 Å². The van der Waals surface area contributed by atoms with E-state index in [2.05, 4.69) is 29.6 Å². The fourth-order valence-corrected chi connectivity index (χ4v) is 4.65.